The van der Waals surface area contributed by atoms with Gasteiger partial charge in [-0.25, -0.2) is 0 Å². The van der Waals surface area contributed by atoms with E-state index in [-0.39, 0.29) is 11.7 Å². The molecule has 0 spiro atoms. The van der Waals surface area contributed by atoms with Crippen LogP contribution >= 0.6 is 23.1 Å². The lowest BCUT2D eigenvalue weighted by Gasteiger charge is -2.10. The predicted molar refractivity (Wildman–Crippen MR) is 100.0 cm³/mol. The summed E-state index contributed by atoms with van der Waals surface area (Å²) in [5, 5.41) is 14.7. The number of ether oxygens (including phenoxy) is 2. The molecule has 0 saturated heterocycles. The molecule has 0 radical (unpaired) electrons. The number of hydrogen-bond acceptors (Lipinski definition) is 8. The van der Waals surface area contributed by atoms with E-state index in [1.54, 1.807) is 18.2 Å². The Bertz CT molecular complexity index is 751. The highest BCUT2D eigenvalue weighted by atomic mass is 32.2. The van der Waals surface area contributed by atoms with Gasteiger partial charge in [0.1, 0.15) is 0 Å². The van der Waals surface area contributed by atoms with Crippen molar-refractivity contribution in [1.82, 2.24) is 10.2 Å². The number of aromatic nitrogens is 2. The molecule has 1 aliphatic heterocycles. The van der Waals surface area contributed by atoms with Gasteiger partial charge in [0.05, 0.1) is 19.0 Å². The van der Waals surface area contributed by atoms with Crippen molar-refractivity contribution in [2.24, 2.45) is 0 Å². The number of fused-ring (bicyclic) bond motifs is 1. The number of nitrogens with one attached hydrogen (secondary N) is 2. The van der Waals surface area contributed by atoms with Crippen molar-refractivity contribution >= 4 is 39.8 Å². The number of thioether (sulfide) groups is 1. The lowest BCUT2D eigenvalue weighted by molar-refractivity contribution is -0.113. The fourth-order valence-corrected chi connectivity index (χ4v) is 3.62. The zero-order valence-corrected chi connectivity index (χ0v) is 15.1. The molecule has 1 aromatic carbocycles. The van der Waals surface area contributed by atoms with Crippen LogP contribution in [0.3, 0.4) is 0 Å². The van der Waals surface area contributed by atoms with Gasteiger partial charge in [-0.05, 0) is 12.1 Å². The Morgan fingerprint density at radius 3 is 3.00 bits per heavy atom. The van der Waals surface area contributed by atoms with Gasteiger partial charge in [-0.15, -0.1) is 16.8 Å². The lowest BCUT2D eigenvalue weighted by atomic mass is 10.2. The third kappa shape index (κ3) is 5.10. The van der Waals surface area contributed by atoms with E-state index in [0.717, 1.165) is 10.8 Å². The van der Waals surface area contributed by atoms with Gasteiger partial charge < -0.3 is 20.1 Å². The second-order valence-electron chi connectivity index (χ2n) is 5.09. The van der Waals surface area contributed by atoms with E-state index in [0.29, 0.717) is 42.1 Å². The van der Waals surface area contributed by atoms with Crippen LogP contribution in [0.15, 0.2) is 35.2 Å². The van der Waals surface area contributed by atoms with Crippen molar-refractivity contribution in [1.29, 1.82) is 0 Å². The summed E-state index contributed by atoms with van der Waals surface area (Å²) in [6.07, 6.45) is 2.59. The van der Waals surface area contributed by atoms with Gasteiger partial charge >= 0.3 is 0 Å². The molecule has 7 nitrogen and oxygen atoms in total. The Balaban J connectivity index is 1.51. The Morgan fingerprint density at radius 2 is 2.16 bits per heavy atom. The molecule has 2 N–H and O–H groups in total. The van der Waals surface area contributed by atoms with Crippen LogP contribution in [-0.4, -0.2) is 41.6 Å². The SMILES string of the molecule is C=CCNc1nnc(SCC(=O)Nc2ccc3c(c2)OCCCO3)s1. The van der Waals surface area contributed by atoms with Crippen molar-refractivity contribution in [3.05, 3.63) is 30.9 Å². The van der Waals surface area contributed by atoms with Gasteiger partial charge in [0, 0.05) is 24.7 Å². The van der Waals surface area contributed by atoms with Gasteiger partial charge in [-0.2, -0.15) is 0 Å². The molecule has 1 amide bonds. The largest absolute Gasteiger partial charge is 0.490 e. The minimum Gasteiger partial charge on any atom is -0.490 e. The standard InChI is InChI=1S/C16H18N4O3S2/c1-2-6-17-15-19-20-16(25-15)24-10-14(21)18-11-4-5-12-13(9-11)23-8-3-7-22-12/h2,4-5,9H,1,3,6-8,10H2,(H,17,19)(H,18,21). The first kappa shape index (κ1) is 17.6. The van der Waals surface area contributed by atoms with Gasteiger partial charge in [0.2, 0.25) is 11.0 Å². The molecular formula is C16H18N4O3S2. The monoisotopic (exact) mass is 378 g/mol. The molecule has 25 heavy (non-hydrogen) atoms. The van der Waals surface area contributed by atoms with Crippen LogP contribution in [0.2, 0.25) is 0 Å². The van der Waals surface area contributed by atoms with Crippen molar-refractivity contribution < 1.29 is 14.3 Å². The third-order valence-electron chi connectivity index (χ3n) is 3.16. The number of nitrogens with zero attached hydrogens (tertiary/aromatic N) is 2. The number of benzene rings is 1. The van der Waals surface area contributed by atoms with Gasteiger partial charge in [0.15, 0.2) is 15.8 Å². The Labute approximate surface area is 153 Å². The van der Waals surface area contributed by atoms with Crippen LogP contribution in [0.25, 0.3) is 0 Å². The maximum Gasteiger partial charge on any atom is 0.234 e. The molecule has 1 aromatic heterocycles. The van der Waals surface area contributed by atoms with Crippen molar-refractivity contribution in [2.45, 2.75) is 10.8 Å². The number of carbonyl (C=O) groups excluding carboxylic acids is 1. The number of amides is 1. The summed E-state index contributed by atoms with van der Waals surface area (Å²) in [5.41, 5.74) is 0.681. The van der Waals surface area contributed by atoms with Crippen molar-refractivity contribution in [3.8, 4) is 11.5 Å². The van der Waals surface area contributed by atoms with Crippen LogP contribution < -0.4 is 20.1 Å². The first-order valence-electron chi connectivity index (χ1n) is 7.75. The summed E-state index contributed by atoms with van der Waals surface area (Å²) in [7, 11) is 0. The quantitative estimate of drug-likeness (QED) is 0.566. The maximum atomic E-state index is 12.1. The smallest absolute Gasteiger partial charge is 0.234 e. The fourth-order valence-electron chi connectivity index (χ4n) is 2.06. The van der Waals surface area contributed by atoms with E-state index < -0.39 is 0 Å². The topological polar surface area (TPSA) is 85.4 Å². The minimum atomic E-state index is -0.115. The number of rotatable bonds is 7. The number of anilines is 2. The molecule has 3 rings (SSSR count). The highest BCUT2D eigenvalue weighted by Crippen LogP contribution is 2.32. The normalized spacial score (nSPS) is 13.0. The second kappa shape index (κ2) is 8.72. The Morgan fingerprint density at radius 1 is 1.32 bits per heavy atom. The van der Waals surface area contributed by atoms with Gasteiger partial charge in [-0.3, -0.25) is 4.79 Å². The molecule has 9 heteroatoms. The average Bonchev–Trinajstić information content (AvgIpc) is 2.94. The average molecular weight is 378 g/mol. The lowest BCUT2D eigenvalue weighted by Crippen LogP contribution is -2.14. The minimum absolute atomic E-state index is 0.115. The molecule has 0 fully saturated rings. The van der Waals surface area contributed by atoms with Crippen molar-refractivity contribution in [2.75, 3.05) is 36.1 Å². The highest BCUT2D eigenvalue weighted by Gasteiger charge is 2.13. The second-order valence-corrected chi connectivity index (χ2v) is 7.29. The van der Waals surface area contributed by atoms with E-state index in [9.17, 15) is 4.79 Å². The molecule has 2 aromatic rings. The summed E-state index contributed by atoms with van der Waals surface area (Å²) in [4.78, 5) is 12.1. The first-order valence-corrected chi connectivity index (χ1v) is 9.55. The molecule has 0 aliphatic carbocycles. The predicted octanol–water partition coefficient (Wildman–Crippen LogP) is 3.03. The van der Waals surface area contributed by atoms with Crippen molar-refractivity contribution in [3.63, 3.8) is 0 Å². The Hall–Kier alpha value is -2.26. The summed E-state index contributed by atoms with van der Waals surface area (Å²) in [5.74, 6) is 1.50. The van der Waals surface area contributed by atoms with Gasteiger partial charge in [0.25, 0.3) is 0 Å². The molecule has 0 saturated carbocycles. The molecule has 0 bridgehead atoms. The summed E-state index contributed by atoms with van der Waals surface area (Å²) in [6.45, 7) is 5.51. The van der Waals surface area contributed by atoms with Crippen LogP contribution in [0.1, 0.15) is 6.42 Å². The first-order chi connectivity index (χ1) is 12.2. The molecule has 1 aliphatic rings. The van der Waals surface area contributed by atoms with E-state index >= 15 is 0 Å². The highest BCUT2D eigenvalue weighted by molar-refractivity contribution is 8.01. The zero-order chi connectivity index (χ0) is 17.5. The zero-order valence-electron chi connectivity index (χ0n) is 13.5. The van der Waals surface area contributed by atoms with E-state index in [4.69, 9.17) is 9.47 Å². The van der Waals surface area contributed by atoms with E-state index in [2.05, 4.69) is 27.4 Å². The maximum absolute atomic E-state index is 12.1. The molecule has 132 valence electrons. The van der Waals surface area contributed by atoms with Crippen LogP contribution in [0, 0.1) is 0 Å². The van der Waals surface area contributed by atoms with E-state index in [1.807, 2.05) is 6.07 Å². The Kier molecular flexibility index (Phi) is 6.13. The molecular weight excluding hydrogens is 360 g/mol. The fraction of sp³-hybridized carbons (Fsp3) is 0.312. The van der Waals surface area contributed by atoms with Crippen LogP contribution in [0.5, 0.6) is 11.5 Å². The summed E-state index contributed by atoms with van der Waals surface area (Å²) < 4.78 is 11.9. The molecule has 0 unspecified atom stereocenters. The van der Waals surface area contributed by atoms with Crippen LogP contribution in [-0.2, 0) is 4.79 Å². The molecule has 2 heterocycles. The van der Waals surface area contributed by atoms with E-state index in [1.165, 1.54) is 23.1 Å². The third-order valence-corrected chi connectivity index (χ3v) is 5.18. The molecule has 0 atom stereocenters. The van der Waals surface area contributed by atoms with Crippen LogP contribution in [0.4, 0.5) is 10.8 Å². The van der Waals surface area contributed by atoms with Gasteiger partial charge in [-0.1, -0.05) is 29.2 Å². The number of carbonyl (C=O) groups is 1. The summed E-state index contributed by atoms with van der Waals surface area (Å²) >= 11 is 2.75. The number of hydrogen-bond donors (Lipinski definition) is 2. The summed E-state index contributed by atoms with van der Waals surface area (Å²) in [6, 6.07) is 5.40.